The predicted octanol–water partition coefficient (Wildman–Crippen LogP) is 2.25. The average molecular weight is 252 g/mol. The molecule has 4 nitrogen and oxygen atoms in total. The lowest BCUT2D eigenvalue weighted by molar-refractivity contribution is 0.0955. The van der Waals surface area contributed by atoms with Gasteiger partial charge in [-0.2, -0.15) is 0 Å². The minimum Gasteiger partial charge on any atom is -0.391 e. The molecular weight excluding hydrogens is 235 g/mol. The first-order chi connectivity index (χ1) is 8.65. The lowest BCUT2D eigenvalue weighted by Gasteiger charge is -2.28. The number of rotatable bonds is 2. The van der Waals surface area contributed by atoms with Crippen LogP contribution < -0.4 is 10.6 Å². The van der Waals surface area contributed by atoms with Gasteiger partial charge in [-0.1, -0.05) is 18.9 Å². The monoisotopic (exact) mass is 252 g/mol. The normalized spacial score (nSPS) is 23.4. The fraction of sp³-hybridized carbons (Fsp3) is 0.462. The van der Waals surface area contributed by atoms with Crippen LogP contribution in [0.4, 0.5) is 14.9 Å². The number of urea groups is 1. The minimum atomic E-state index is -0.489. The number of aliphatic hydroxyl groups is 1. The quantitative estimate of drug-likeness (QED) is 0.756. The topological polar surface area (TPSA) is 61.4 Å². The first-order valence-electron chi connectivity index (χ1n) is 6.16. The average Bonchev–Trinajstić information content (AvgIpc) is 2.32. The van der Waals surface area contributed by atoms with E-state index in [1.807, 2.05) is 0 Å². The van der Waals surface area contributed by atoms with Crippen molar-refractivity contribution in [1.29, 1.82) is 0 Å². The molecule has 0 aliphatic heterocycles. The number of halogens is 1. The second-order valence-corrected chi connectivity index (χ2v) is 4.57. The molecule has 1 aliphatic carbocycles. The molecule has 1 aliphatic rings. The lowest BCUT2D eigenvalue weighted by atomic mass is 9.93. The van der Waals surface area contributed by atoms with Crippen molar-refractivity contribution < 1.29 is 14.3 Å². The van der Waals surface area contributed by atoms with E-state index in [9.17, 15) is 14.3 Å². The van der Waals surface area contributed by atoms with Crippen molar-refractivity contribution in [2.75, 3.05) is 5.32 Å². The van der Waals surface area contributed by atoms with Crippen LogP contribution in [0.2, 0.25) is 0 Å². The Morgan fingerprint density at radius 3 is 2.83 bits per heavy atom. The summed E-state index contributed by atoms with van der Waals surface area (Å²) >= 11 is 0. The number of aliphatic hydroxyl groups excluding tert-OH is 1. The molecule has 0 aromatic heterocycles. The number of carbonyl (C=O) groups is 1. The van der Waals surface area contributed by atoms with Crippen molar-refractivity contribution in [3.8, 4) is 0 Å². The van der Waals surface area contributed by atoms with Gasteiger partial charge in [0.05, 0.1) is 12.1 Å². The summed E-state index contributed by atoms with van der Waals surface area (Å²) in [5.74, 6) is -0.398. The van der Waals surface area contributed by atoms with Crippen LogP contribution in [-0.4, -0.2) is 23.3 Å². The zero-order valence-corrected chi connectivity index (χ0v) is 10.0. The van der Waals surface area contributed by atoms with Crippen LogP contribution in [0.5, 0.6) is 0 Å². The highest BCUT2D eigenvalue weighted by Gasteiger charge is 2.24. The van der Waals surface area contributed by atoms with Gasteiger partial charge in [-0.3, -0.25) is 0 Å². The molecule has 18 heavy (non-hydrogen) atoms. The Labute approximate surface area is 105 Å². The Balaban J connectivity index is 1.88. The molecule has 0 radical (unpaired) electrons. The summed E-state index contributed by atoms with van der Waals surface area (Å²) in [7, 11) is 0. The van der Waals surface area contributed by atoms with E-state index in [0.29, 0.717) is 12.1 Å². The van der Waals surface area contributed by atoms with E-state index in [1.54, 1.807) is 6.07 Å². The summed E-state index contributed by atoms with van der Waals surface area (Å²) in [5, 5.41) is 15.0. The van der Waals surface area contributed by atoms with Crippen molar-refractivity contribution >= 4 is 11.7 Å². The molecule has 1 aromatic rings. The smallest absolute Gasteiger partial charge is 0.319 e. The van der Waals surface area contributed by atoms with Crippen LogP contribution in [0, 0.1) is 5.82 Å². The van der Waals surface area contributed by atoms with Gasteiger partial charge in [0, 0.05) is 5.69 Å². The molecular formula is C13H17FN2O2. The van der Waals surface area contributed by atoms with Crippen LogP contribution in [0.15, 0.2) is 24.3 Å². The maximum absolute atomic E-state index is 12.9. The molecule has 1 aromatic carbocycles. The number of hydrogen-bond acceptors (Lipinski definition) is 2. The molecule has 98 valence electrons. The molecule has 0 saturated heterocycles. The van der Waals surface area contributed by atoms with Crippen molar-refractivity contribution in [1.82, 2.24) is 5.32 Å². The Hall–Kier alpha value is -1.62. The van der Waals surface area contributed by atoms with Crippen molar-refractivity contribution in [3.05, 3.63) is 30.1 Å². The van der Waals surface area contributed by atoms with Crippen LogP contribution in [0.25, 0.3) is 0 Å². The number of hydrogen-bond donors (Lipinski definition) is 3. The van der Waals surface area contributed by atoms with Gasteiger partial charge in [-0.25, -0.2) is 9.18 Å². The van der Waals surface area contributed by atoms with Crippen molar-refractivity contribution in [2.24, 2.45) is 0 Å². The molecule has 5 heteroatoms. The molecule has 3 N–H and O–H groups in total. The second kappa shape index (κ2) is 5.82. The summed E-state index contributed by atoms with van der Waals surface area (Å²) in [6.07, 6.45) is 2.99. The summed E-state index contributed by atoms with van der Waals surface area (Å²) in [4.78, 5) is 11.7. The number of benzene rings is 1. The third-order valence-electron chi connectivity index (χ3n) is 3.13. The molecule has 1 fully saturated rings. The largest absolute Gasteiger partial charge is 0.391 e. The molecule has 2 rings (SSSR count). The third-order valence-corrected chi connectivity index (χ3v) is 3.13. The van der Waals surface area contributed by atoms with Gasteiger partial charge in [-0.15, -0.1) is 0 Å². The second-order valence-electron chi connectivity index (χ2n) is 4.57. The third kappa shape index (κ3) is 3.43. The zero-order chi connectivity index (χ0) is 13.0. The predicted molar refractivity (Wildman–Crippen MR) is 66.8 cm³/mol. The van der Waals surface area contributed by atoms with E-state index in [-0.39, 0.29) is 6.04 Å². The fourth-order valence-corrected chi connectivity index (χ4v) is 2.18. The summed E-state index contributed by atoms with van der Waals surface area (Å²) in [5.41, 5.74) is 0.401. The lowest BCUT2D eigenvalue weighted by Crippen LogP contribution is -2.46. The van der Waals surface area contributed by atoms with E-state index in [0.717, 1.165) is 19.3 Å². The first-order valence-corrected chi connectivity index (χ1v) is 6.16. The first kappa shape index (κ1) is 12.8. The van der Waals surface area contributed by atoms with Crippen molar-refractivity contribution in [3.63, 3.8) is 0 Å². The number of amides is 2. The van der Waals surface area contributed by atoms with E-state index in [2.05, 4.69) is 10.6 Å². The Bertz CT molecular complexity index is 425. The number of carbonyl (C=O) groups excluding carboxylic acids is 1. The van der Waals surface area contributed by atoms with Gasteiger partial charge in [-0.05, 0) is 31.0 Å². The highest BCUT2D eigenvalue weighted by atomic mass is 19.1. The van der Waals surface area contributed by atoms with E-state index in [1.165, 1.54) is 18.2 Å². The number of anilines is 1. The fourth-order valence-electron chi connectivity index (χ4n) is 2.18. The van der Waals surface area contributed by atoms with Crippen LogP contribution >= 0.6 is 0 Å². The summed E-state index contributed by atoms with van der Waals surface area (Å²) in [6.45, 7) is 0. The molecule has 0 heterocycles. The maximum Gasteiger partial charge on any atom is 0.319 e. The van der Waals surface area contributed by atoms with Gasteiger partial charge in [0.2, 0.25) is 0 Å². The van der Waals surface area contributed by atoms with E-state index < -0.39 is 18.0 Å². The molecule has 0 bridgehead atoms. The molecule has 0 spiro atoms. The van der Waals surface area contributed by atoms with E-state index in [4.69, 9.17) is 0 Å². The summed E-state index contributed by atoms with van der Waals surface area (Å²) < 4.78 is 12.9. The molecule has 2 atom stereocenters. The van der Waals surface area contributed by atoms with Crippen molar-refractivity contribution in [2.45, 2.75) is 37.8 Å². The zero-order valence-electron chi connectivity index (χ0n) is 10.0. The maximum atomic E-state index is 12.9. The molecule has 2 unspecified atom stereocenters. The Kier molecular flexibility index (Phi) is 4.15. The molecule has 2 amide bonds. The standard InChI is InChI=1S/C13H17FN2O2/c14-9-4-3-5-10(8-9)15-13(18)16-11-6-1-2-7-12(11)17/h3-5,8,11-12,17H,1-2,6-7H2,(H2,15,16,18). The highest BCUT2D eigenvalue weighted by molar-refractivity contribution is 5.89. The van der Waals surface area contributed by atoms with Gasteiger partial charge in [0.1, 0.15) is 5.82 Å². The SMILES string of the molecule is O=C(Nc1cccc(F)c1)NC1CCCCC1O. The van der Waals surface area contributed by atoms with Gasteiger partial charge in [0.25, 0.3) is 0 Å². The Morgan fingerprint density at radius 1 is 1.33 bits per heavy atom. The minimum absolute atomic E-state index is 0.215. The van der Waals surface area contributed by atoms with Crippen LogP contribution in [0.1, 0.15) is 25.7 Å². The van der Waals surface area contributed by atoms with Gasteiger partial charge in [0.15, 0.2) is 0 Å². The Morgan fingerprint density at radius 2 is 2.11 bits per heavy atom. The number of nitrogens with one attached hydrogen (secondary N) is 2. The van der Waals surface area contributed by atoms with Crippen LogP contribution in [0.3, 0.4) is 0 Å². The van der Waals surface area contributed by atoms with E-state index >= 15 is 0 Å². The highest BCUT2D eigenvalue weighted by Crippen LogP contribution is 2.18. The van der Waals surface area contributed by atoms with Gasteiger partial charge >= 0.3 is 6.03 Å². The van der Waals surface area contributed by atoms with Crippen LogP contribution in [-0.2, 0) is 0 Å². The summed E-state index contributed by atoms with van der Waals surface area (Å²) in [6, 6.07) is 5.07. The van der Waals surface area contributed by atoms with Gasteiger partial charge < -0.3 is 15.7 Å². The molecule has 1 saturated carbocycles.